The first kappa shape index (κ1) is 10.3. The molecule has 0 aromatic heterocycles. The van der Waals surface area contributed by atoms with Gasteiger partial charge in [0.2, 0.25) is 0 Å². The molecule has 1 rings (SSSR count). The third-order valence-corrected chi connectivity index (χ3v) is 7.07. The molecule has 1 unspecified atom stereocenters. The fraction of sp³-hybridized carbons (Fsp3) is 0.250. The van der Waals surface area contributed by atoms with E-state index in [-0.39, 0.29) is 0 Å². The smallest absolute Gasteiger partial charge is 0.0917 e. The average molecular weight is 217 g/mol. The second-order valence-electron chi connectivity index (χ2n) is 2.73. The summed E-state index contributed by atoms with van der Waals surface area (Å²) < 4.78 is 2.01. The molecule has 0 spiro atoms. The number of hydrogen-bond donors (Lipinski definition) is 1. The van der Waals surface area contributed by atoms with E-state index in [4.69, 9.17) is 11.8 Å². The van der Waals surface area contributed by atoms with Crippen molar-refractivity contribution < 1.29 is 0 Å². The van der Waals surface area contributed by atoms with Gasteiger partial charge in [-0.25, -0.2) is 0 Å². The second-order valence-corrected chi connectivity index (χ2v) is 9.27. The Bertz CT molecular complexity index is 297. The Morgan fingerprint density at radius 2 is 1.75 bits per heavy atom. The van der Waals surface area contributed by atoms with Crippen LogP contribution in [0.1, 0.15) is 0 Å². The molecule has 0 radical (unpaired) electrons. The van der Waals surface area contributed by atoms with Crippen LogP contribution in [-0.4, -0.2) is 18.8 Å². The Balaban J connectivity index is 3.07. The van der Waals surface area contributed by atoms with Crippen LogP contribution in [0.15, 0.2) is 30.3 Å². The zero-order chi connectivity index (χ0) is 9.19. The predicted octanol–water partition coefficient (Wildman–Crippen LogP) is 2.11. The number of thiol groups is 1. The van der Waals surface area contributed by atoms with Crippen LogP contribution in [0.4, 0.5) is 0 Å². The van der Waals surface area contributed by atoms with Gasteiger partial charge in [0.25, 0.3) is 0 Å². The fourth-order valence-corrected chi connectivity index (χ4v) is 2.64. The van der Waals surface area contributed by atoms with Gasteiger partial charge in [0, 0.05) is 5.30 Å². The molecule has 1 atom stereocenters. The van der Waals surface area contributed by atoms with Gasteiger partial charge in [-0.2, -0.15) is 0 Å². The molecule has 0 fully saturated rings. The summed E-state index contributed by atoms with van der Waals surface area (Å²) in [6.45, 7) is 0. The van der Waals surface area contributed by atoms with E-state index in [2.05, 4.69) is 12.2 Å². The first-order chi connectivity index (χ1) is 5.55. The molecule has 0 N–H and O–H groups in total. The molecule has 1 nitrogen and oxygen atoms in total. The number of hydrogen-bond acceptors (Lipinski definition) is 1. The van der Waals surface area contributed by atoms with Crippen molar-refractivity contribution in [2.24, 2.45) is 0 Å². The van der Waals surface area contributed by atoms with Gasteiger partial charge in [0.1, 0.15) is 0 Å². The van der Waals surface area contributed by atoms with Gasteiger partial charge in [0.15, 0.2) is 0 Å². The van der Waals surface area contributed by atoms with E-state index < -0.39 is 5.39 Å². The lowest BCUT2D eigenvalue weighted by Crippen LogP contribution is -2.13. The van der Waals surface area contributed by atoms with E-state index in [1.54, 1.807) is 0 Å². The highest BCUT2D eigenvalue weighted by Gasteiger charge is 2.15. The van der Waals surface area contributed by atoms with Crippen molar-refractivity contribution in [3.8, 4) is 0 Å². The van der Waals surface area contributed by atoms with Crippen molar-refractivity contribution in [2.75, 3.05) is 14.1 Å². The summed E-state index contributed by atoms with van der Waals surface area (Å²) in [5.74, 6) is 0. The minimum atomic E-state index is -1.76. The maximum absolute atomic E-state index is 5.44. The monoisotopic (exact) mass is 217 g/mol. The van der Waals surface area contributed by atoms with Gasteiger partial charge in [-0.15, -0.1) is 12.2 Å². The summed E-state index contributed by atoms with van der Waals surface area (Å²) in [6.07, 6.45) is 0. The lowest BCUT2D eigenvalue weighted by molar-refractivity contribution is 0.692. The zero-order valence-electron chi connectivity index (χ0n) is 7.14. The summed E-state index contributed by atoms with van der Waals surface area (Å²) in [4.78, 5) is 0. The second kappa shape index (κ2) is 3.93. The number of rotatable bonds is 2. The highest BCUT2D eigenvalue weighted by atomic mass is 32.9. The Morgan fingerprint density at radius 3 is 2.17 bits per heavy atom. The van der Waals surface area contributed by atoms with Gasteiger partial charge in [-0.1, -0.05) is 42.1 Å². The third-order valence-electron chi connectivity index (χ3n) is 1.63. The first-order valence-corrected chi connectivity index (χ1v) is 7.52. The van der Waals surface area contributed by atoms with Crippen LogP contribution in [-0.2, 0) is 11.8 Å². The molecule has 1 aromatic carbocycles. The quantitative estimate of drug-likeness (QED) is 0.597. The van der Waals surface area contributed by atoms with Crippen LogP contribution in [0.25, 0.3) is 0 Å². The largest absolute Gasteiger partial charge is 0.270 e. The minimum absolute atomic E-state index is 1.15. The summed E-state index contributed by atoms with van der Waals surface area (Å²) in [5, 5.41) is -0.609. The van der Waals surface area contributed by atoms with Gasteiger partial charge in [-0.3, -0.25) is 4.67 Å². The van der Waals surface area contributed by atoms with Crippen molar-refractivity contribution >= 4 is 34.8 Å². The first-order valence-electron chi connectivity index (χ1n) is 3.61. The normalized spacial score (nSPS) is 16.0. The van der Waals surface area contributed by atoms with Crippen LogP contribution in [0.5, 0.6) is 0 Å². The molecule has 0 aliphatic rings. The summed E-state index contributed by atoms with van der Waals surface area (Å²) in [5.41, 5.74) is 0. The van der Waals surface area contributed by atoms with Crippen LogP contribution in [0, 0.1) is 0 Å². The average Bonchev–Trinajstić information content (AvgIpc) is 2.06. The van der Waals surface area contributed by atoms with Crippen LogP contribution >= 0.6 is 17.6 Å². The van der Waals surface area contributed by atoms with Gasteiger partial charge >= 0.3 is 0 Å². The van der Waals surface area contributed by atoms with E-state index in [1.165, 1.54) is 0 Å². The van der Waals surface area contributed by atoms with Gasteiger partial charge in [0.05, 0.1) is 5.39 Å². The fourth-order valence-electron chi connectivity index (χ4n) is 0.853. The standard InChI is InChI=1S/C8H12NPS2/c1-9(2)10(11,12)8-6-4-3-5-7-8/h3-7H,1-2H3,(H,11,12). The summed E-state index contributed by atoms with van der Waals surface area (Å²) in [6, 6.07) is 10.1. The molecule has 0 aliphatic heterocycles. The third kappa shape index (κ3) is 2.11. The molecule has 0 aliphatic carbocycles. The summed E-state index contributed by atoms with van der Waals surface area (Å²) >= 11 is 9.96. The molecule has 0 bridgehead atoms. The molecule has 66 valence electrons. The SMILES string of the molecule is CN(C)P(=S)(S)c1ccccc1. The lowest BCUT2D eigenvalue weighted by Gasteiger charge is -2.23. The number of nitrogens with zero attached hydrogens (tertiary/aromatic N) is 1. The van der Waals surface area contributed by atoms with E-state index in [0.29, 0.717) is 0 Å². The van der Waals surface area contributed by atoms with Crippen molar-refractivity contribution in [1.82, 2.24) is 4.67 Å². The zero-order valence-corrected chi connectivity index (χ0v) is 9.74. The molecule has 4 heteroatoms. The highest BCUT2D eigenvalue weighted by Crippen LogP contribution is 2.51. The maximum atomic E-state index is 5.44. The van der Waals surface area contributed by atoms with Crippen molar-refractivity contribution in [2.45, 2.75) is 0 Å². The molecule has 12 heavy (non-hydrogen) atoms. The molecule has 0 saturated carbocycles. The number of benzene rings is 1. The molecule has 0 heterocycles. The topological polar surface area (TPSA) is 3.24 Å². The van der Waals surface area contributed by atoms with E-state index >= 15 is 0 Å². The molecular weight excluding hydrogens is 205 g/mol. The summed E-state index contributed by atoms with van der Waals surface area (Å²) in [7, 11) is 3.95. The van der Waals surface area contributed by atoms with Gasteiger partial charge in [-0.05, 0) is 14.1 Å². The predicted molar refractivity (Wildman–Crippen MR) is 63.0 cm³/mol. The van der Waals surface area contributed by atoms with Crippen LogP contribution < -0.4 is 5.30 Å². The van der Waals surface area contributed by atoms with E-state index in [9.17, 15) is 0 Å². The molecular formula is C8H12NPS2. The molecule has 0 amide bonds. The Hall–Kier alpha value is 0.180. The van der Waals surface area contributed by atoms with Gasteiger partial charge < -0.3 is 0 Å². The molecule has 0 saturated heterocycles. The van der Waals surface area contributed by atoms with Crippen molar-refractivity contribution in [1.29, 1.82) is 0 Å². The molecule has 1 aromatic rings. The Morgan fingerprint density at radius 1 is 1.25 bits per heavy atom. The van der Waals surface area contributed by atoms with Crippen molar-refractivity contribution in [3.63, 3.8) is 0 Å². The Labute approximate surface area is 84.0 Å². The lowest BCUT2D eigenvalue weighted by atomic mass is 10.4. The Kier molecular flexibility index (Phi) is 3.36. The van der Waals surface area contributed by atoms with Crippen molar-refractivity contribution in [3.05, 3.63) is 30.3 Å². The van der Waals surface area contributed by atoms with Crippen LogP contribution in [0.2, 0.25) is 0 Å². The van der Waals surface area contributed by atoms with Crippen LogP contribution in [0.3, 0.4) is 0 Å². The van der Waals surface area contributed by atoms with E-state index in [0.717, 1.165) is 5.30 Å². The maximum Gasteiger partial charge on any atom is 0.0917 e. The van der Waals surface area contributed by atoms with E-state index in [1.807, 2.05) is 49.1 Å². The highest BCUT2D eigenvalue weighted by molar-refractivity contribution is 8.65. The minimum Gasteiger partial charge on any atom is -0.270 e.